The normalized spacial score (nSPS) is 28.1. The third-order valence-electron chi connectivity index (χ3n) is 8.93. The van der Waals surface area contributed by atoms with Crippen LogP contribution in [0.2, 0.25) is 0 Å². The fraction of sp³-hybridized carbons (Fsp3) is 0.550. The summed E-state index contributed by atoms with van der Waals surface area (Å²) >= 11 is 0. The number of allylic oxidation sites excluding steroid dienone is 12. The Balaban J connectivity index is 1.82. The van der Waals surface area contributed by atoms with Gasteiger partial charge in [0.25, 0.3) is 0 Å². The van der Waals surface area contributed by atoms with Crippen LogP contribution in [0.3, 0.4) is 0 Å². The Labute approximate surface area is 263 Å². The lowest BCUT2D eigenvalue weighted by Crippen LogP contribution is -2.48. The predicted molar refractivity (Wildman–Crippen MR) is 184 cm³/mol. The molecule has 2 aliphatic rings. The fourth-order valence-electron chi connectivity index (χ4n) is 6.19. The zero-order chi connectivity index (χ0) is 32.4. The van der Waals surface area contributed by atoms with E-state index >= 15 is 0 Å². The van der Waals surface area contributed by atoms with Gasteiger partial charge in [-0.1, -0.05) is 125 Å². The van der Waals surface area contributed by atoms with E-state index in [0.29, 0.717) is 18.3 Å². The van der Waals surface area contributed by atoms with Crippen LogP contribution < -0.4 is 0 Å². The Kier molecular flexibility index (Phi) is 13.5. The molecular formula is C40H58O3. The molecule has 3 N–H and O–H groups in total. The van der Waals surface area contributed by atoms with Gasteiger partial charge < -0.3 is 15.3 Å². The highest BCUT2D eigenvalue weighted by molar-refractivity contribution is 5.44. The smallest absolute Gasteiger partial charge is 0.109 e. The van der Waals surface area contributed by atoms with Crippen molar-refractivity contribution in [1.82, 2.24) is 0 Å². The summed E-state index contributed by atoms with van der Waals surface area (Å²) in [6.07, 6.45) is 26.2. The Morgan fingerprint density at radius 3 is 2.09 bits per heavy atom. The molecule has 236 valence electrons. The van der Waals surface area contributed by atoms with Gasteiger partial charge >= 0.3 is 0 Å². The second kappa shape index (κ2) is 15.9. The van der Waals surface area contributed by atoms with Gasteiger partial charge in [-0.15, -0.1) is 0 Å². The number of rotatable bonds is 10. The standard InChI is InChI=1S/C40H58O3/c1-29(17-13-19-31(3)21-22-37-33(5)25-35(41)27-38(37,7)8)15-11-12-16-30(2)18-14-20-32(4)23-24-40(43)34(6)26-36(42)28-39(40,9)10/h11-14,17-20,23-24,26,29-30,35-36,41-43H,15-16,25,27-28H2,1-10H3/b12-11+,17-13+,18-14+,24-23+,31-19+,32-20+/t29?,30?,35-,36+,40+/m1/s1. The van der Waals surface area contributed by atoms with Crippen molar-refractivity contribution >= 4 is 0 Å². The van der Waals surface area contributed by atoms with Crippen LogP contribution >= 0.6 is 0 Å². The summed E-state index contributed by atoms with van der Waals surface area (Å²) in [6.45, 7) is 20.9. The van der Waals surface area contributed by atoms with Gasteiger partial charge in [-0.25, -0.2) is 0 Å². The molecule has 0 radical (unpaired) electrons. The first kappa shape index (κ1) is 36.6. The van der Waals surface area contributed by atoms with E-state index in [-0.39, 0.29) is 11.5 Å². The first-order valence-electron chi connectivity index (χ1n) is 16.0. The third kappa shape index (κ3) is 11.1. The van der Waals surface area contributed by atoms with Crippen LogP contribution in [0.15, 0.2) is 94.7 Å². The molecule has 0 amide bonds. The van der Waals surface area contributed by atoms with E-state index in [0.717, 1.165) is 42.4 Å². The average Bonchev–Trinajstić information content (AvgIpc) is 2.87. The van der Waals surface area contributed by atoms with Crippen LogP contribution in [0.1, 0.15) is 101 Å². The van der Waals surface area contributed by atoms with Crippen molar-refractivity contribution in [2.75, 3.05) is 0 Å². The van der Waals surface area contributed by atoms with Crippen molar-refractivity contribution in [3.63, 3.8) is 0 Å². The maximum atomic E-state index is 11.3. The summed E-state index contributed by atoms with van der Waals surface area (Å²) in [7, 11) is 0. The molecule has 43 heavy (non-hydrogen) atoms. The van der Waals surface area contributed by atoms with Crippen molar-refractivity contribution in [1.29, 1.82) is 0 Å². The molecule has 3 heteroatoms. The SMILES string of the molecule is CC1=C[C@H](O)CC(C)(C)[C@]1(O)/C=C/C(C)=C/C=C/C(C)C/C=C/CC(C)/C=C/C=C(\C)C#CC1=C(C)C[C@@H](O)CC1(C)C. The van der Waals surface area contributed by atoms with E-state index in [1.54, 1.807) is 6.08 Å². The van der Waals surface area contributed by atoms with Gasteiger partial charge in [-0.2, -0.15) is 0 Å². The first-order chi connectivity index (χ1) is 20.0. The minimum absolute atomic E-state index is 0.0774. The molecule has 3 nitrogen and oxygen atoms in total. The number of hydrogen-bond acceptors (Lipinski definition) is 3. The molecule has 2 unspecified atom stereocenters. The van der Waals surface area contributed by atoms with Crippen LogP contribution in [0.4, 0.5) is 0 Å². The third-order valence-corrected chi connectivity index (χ3v) is 8.93. The summed E-state index contributed by atoms with van der Waals surface area (Å²) in [6, 6.07) is 0. The zero-order valence-corrected chi connectivity index (χ0v) is 28.5. The number of hydrogen-bond donors (Lipinski definition) is 3. The van der Waals surface area contributed by atoms with Crippen molar-refractivity contribution in [3.05, 3.63) is 94.7 Å². The summed E-state index contributed by atoms with van der Waals surface area (Å²) in [5.41, 5.74) is 3.72. The van der Waals surface area contributed by atoms with Crippen LogP contribution in [0.25, 0.3) is 0 Å². The molecule has 0 bridgehead atoms. The molecule has 0 aromatic rings. The Morgan fingerprint density at radius 2 is 1.53 bits per heavy atom. The van der Waals surface area contributed by atoms with E-state index in [2.05, 4.69) is 102 Å². The van der Waals surface area contributed by atoms with Gasteiger partial charge in [-0.3, -0.25) is 0 Å². The van der Waals surface area contributed by atoms with Gasteiger partial charge in [0, 0.05) is 16.4 Å². The lowest BCUT2D eigenvalue weighted by Gasteiger charge is -2.46. The summed E-state index contributed by atoms with van der Waals surface area (Å²) in [5.74, 6) is 7.59. The Hall–Kier alpha value is -2.64. The Bertz CT molecular complexity index is 1260. The maximum Gasteiger partial charge on any atom is 0.109 e. The highest BCUT2D eigenvalue weighted by Crippen LogP contribution is 2.45. The van der Waals surface area contributed by atoms with Gasteiger partial charge in [-0.05, 0) is 88.9 Å². The lowest BCUT2D eigenvalue weighted by atomic mass is 9.64. The van der Waals surface area contributed by atoms with Crippen molar-refractivity contribution < 1.29 is 15.3 Å². The zero-order valence-electron chi connectivity index (χ0n) is 28.5. The highest BCUT2D eigenvalue weighted by atomic mass is 16.3. The molecule has 0 saturated heterocycles. The minimum atomic E-state index is -1.06. The average molecular weight is 587 g/mol. The highest BCUT2D eigenvalue weighted by Gasteiger charge is 2.46. The van der Waals surface area contributed by atoms with Gasteiger partial charge in [0.15, 0.2) is 0 Å². The minimum Gasteiger partial charge on any atom is -0.393 e. The fourth-order valence-corrected chi connectivity index (χ4v) is 6.19. The van der Waals surface area contributed by atoms with Crippen LogP contribution in [-0.2, 0) is 0 Å². The van der Waals surface area contributed by atoms with Gasteiger partial charge in [0.1, 0.15) is 5.60 Å². The van der Waals surface area contributed by atoms with E-state index in [1.165, 1.54) is 11.1 Å². The summed E-state index contributed by atoms with van der Waals surface area (Å²) in [4.78, 5) is 0. The molecule has 2 rings (SSSR count). The largest absolute Gasteiger partial charge is 0.393 e. The van der Waals surface area contributed by atoms with Crippen molar-refractivity contribution in [2.45, 2.75) is 119 Å². The lowest BCUT2D eigenvalue weighted by molar-refractivity contribution is -0.0292. The quantitative estimate of drug-likeness (QED) is 0.136. The van der Waals surface area contributed by atoms with E-state index in [4.69, 9.17) is 0 Å². The molecule has 0 spiro atoms. The van der Waals surface area contributed by atoms with Crippen LogP contribution in [-0.4, -0.2) is 33.1 Å². The van der Waals surface area contributed by atoms with E-state index in [1.807, 2.05) is 39.8 Å². The van der Waals surface area contributed by atoms with E-state index < -0.39 is 17.1 Å². The van der Waals surface area contributed by atoms with Gasteiger partial charge in [0.05, 0.1) is 12.2 Å². The second-order valence-electron chi connectivity index (χ2n) is 14.4. The van der Waals surface area contributed by atoms with Gasteiger partial charge in [0.2, 0.25) is 0 Å². The number of aliphatic hydroxyl groups excluding tert-OH is 2. The molecule has 0 saturated carbocycles. The molecular weight excluding hydrogens is 528 g/mol. The monoisotopic (exact) mass is 586 g/mol. The molecule has 2 aliphatic carbocycles. The molecule has 0 heterocycles. The van der Waals surface area contributed by atoms with Crippen LogP contribution in [0, 0.1) is 34.5 Å². The van der Waals surface area contributed by atoms with Crippen molar-refractivity contribution in [3.8, 4) is 11.8 Å². The topological polar surface area (TPSA) is 60.7 Å². The molecule has 0 aromatic heterocycles. The maximum absolute atomic E-state index is 11.3. The molecule has 0 aromatic carbocycles. The summed E-state index contributed by atoms with van der Waals surface area (Å²) in [5, 5.41) is 31.5. The Morgan fingerprint density at radius 1 is 0.953 bits per heavy atom. The molecule has 5 atom stereocenters. The second-order valence-corrected chi connectivity index (χ2v) is 14.4. The number of aliphatic hydroxyl groups is 3. The van der Waals surface area contributed by atoms with Crippen molar-refractivity contribution in [2.24, 2.45) is 22.7 Å². The van der Waals surface area contributed by atoms with E-state index in [9.17, 15) is 15.3 Å². The molecule has 0 fully saturated rings. The molecule has 0 aliphatic heterocycles. The summed E-state index contributed by atoms with van der Waals surface area (Å²) < 4.78 is 0. The van der Waals surface area contributed by atoms with Crippen LogP contribution in [0.5, 0.6) is 0 Å². The predicted octanol–water partition coefficient (Wildman–Crippen LogP) is 9.13. The first-order valence-corrected chi connectivity index (χ1v) is 16.0.